The summed E-state index contributed by atoms with van der Waals surface area (Å²) >= 11 is 0. The lowest BCUT2D eigenvalue weighted by atomic mass is 9.93. The van der Waals surface area contributed by atoms with Crippen molar-refractivity contribution in [2.45, 2.75) is 63.8 Å². The Morgan fingerprint density at radius 3 is 2.59 bits per heavy atom. The van der Waals surface area contributed by atoms with Gasteiger partial charge in [0.05, 0.1) is 18.7 Å². The molecule has 37 heavy (non-hydrogen) atoms. The van der Waals surface area contributed by atoms with Gasteiger partial charge in [-0.15, -0.1) is 0 Å². The van der Waals surface area contributed by atoms with E-state index in [-0.39, 0.29) is 5.75 Å². The second-order valence-electron chi connectivity index (χ2n) is 11.0. The van der Waals surface area contributed by atoms with Crippen LogP contribution >= 0.6 is 0 Å². The molecule has 3 fully saturated rings. The van der Waals surface area contributed by atoms with Gasteiger partial charge in [-0.3, -0.25) is 4.90 Å². The van der Waals surface area contributed by atoms with Crippen LogP contribution in [0, 0.1) is 5.92 Å². The SMILES string of the molecule is CCc1cccc2c(-c3ccc4cnc(OC(C)(C5CC5)N5C6CCC5COC6)nc4c3)c(O)ccc12. The molecule has 1 saturated carbocycles. The molecule has 3 aliphatic rings. The van der Waals surface area contributed by atoms with E-state index in [9.17, 15) is 5.11 Å². The Balaban J connectivity index is 1.28. The fourth-order valence-electron chi connectivity index (χ4n) is 6.74. The van der Waals surface area contributed by atoms with Crippen molar-refractivity contribution in [2.24, 2.45) is 5.92 Å². The van der Waals surface area contributed by atoms with Gasteiger partial charge >= 0.3 is 6.01 Å². The fraction of sp³-hybridized carbons (Fsp3) is 0.419. The predicted octanol–water partition coefficient (Wildman–Crippen LogP) is 6.09. The molecule has 3 unspecified atom stereocenters. The number of ether oxygens (including phenoxy) is 2. The highest BCUT2D eigenvalue weighted by atomic mass is 16.5. The van der Waals surface area contributed by atoms with Gasteiger partial charge in [0, 0.05) is 35.1 Å². The van der Waals surface area contributed by atoms with Crippen molar-refractivity contribution in [2.75, 3.05) is 13.2 Å². The molecule has 7 rings (SSSR count). The number of rotatable bonds is 6. The minimum atomic E-state index is -0.425. The molecule has 1 aromatic heterocycles. The number of phenolic OH excluding ortho intramolecular Hbond substituents is 1. The van der Waals surface area contributed by atoms with Crippen LogP contribution in [0.1, 0.15) is 45.1 Å². The standard InChI is InChI=1S/C31H33N3O3/c1-3-19-5-4-6-26-25(19)13-14-28(35)29(26)20-7-8-21-16-32-30(33-27(21)15-20)37-31(2,22-9-10-22)34-23-11-12-24(34)18-36-17-23/h4-8,13-16,22-24,35H,3,9-12,17-18H2,1-2H3. The molecule has 0 radical (unpaired) electrons. The maximum absolute atomic E-state index is 10.9. The smallest absolute Gasteiger partial charge is 0.318 e. The number of hydrogen-bond donors (Lipinski definition) is 1. The van der Waals surface area contributed by atoms with Gasteiger partial charge in [-0.2, -0.15) is 4.98 Å². The molecule has 190 valence electrons. The molecule has 3 heterocycles. The highest BCUT2D eigenvalue weighted by molar-refractivity contribution is 6.02. The zero-order chi connectivity index (χ0) is 25.1. The Morgan fingerprint density at radius 2 is 1.84 bits per heavy atom. The van der Waals surface area contributed by atoms with Gasteiger partial charge in [-0.05, 0) is 73.1 Å². The maximum atomic E-state index is 10.9. The number of hydrogen-bond acceptors (Lipinski definition) is 6. The van der Waals surface area contributed by atoms with Gasteiger partial charge in [-0.1, -0.05) is 43.3 Å². The Hall–Kier alpha value is -3.22. The van der Waals surface area contributed by atoms with E-state index in [0.717, 1.165) is 59.9 Å². The molecular weight excluding hydrogens is 462 g/mol. The first kappa shape index (κ1) is 22.9. The van der Waals surface area contributed by atoms with Gasteiger partial charge in [0.25, 0.3) is 0 Å². The Morgan fingerprint density at radius 1 is 1.03 bits per heavy atom. The van der Waals surface area contributed by atoms with E-state index >= 15 is 0 Å². The van der Waals surface area contributed by atoms with Crippen LogP contribution in [0.25, 0.3) is 32.8 Å². The second kappa shape index (κ2) is 8.67. The van der Waals surface area contributed by atoms with E-state index in [0.29, 0.717) is 24.0 Å². The van der Waals surface area contributed by atoms with Crippen molar-refractivity contribution in [1.29, 1.82) is 0 Å². The molecule has 1 aliphatic carbocycles. The van der Waals surface area contributed by atoms with Crippen LogP contribution in [-0.4, -0.2) is 51.0 Å². The molecule has 2 aliphatic heterocycles. The molecular formula is C31H33N3O3. The number of phenols is 1. The second-order valence-corrected chi connectivity index (χ2v) is 11.0. The van der Waals surface area contributed by atoms with Gasteiger partial charge in [0.2, 0.25) is 0 Å². The van der Waals surface area contributed by atoms with Crippen LogP contribution in [0.4, 0.5) is 0 Å². The molecule has 3 aromatic carbocycles. The summed E-state index contributed by atoms with van der Waals surface area (Å²) in [4.78, 5) is 12.1. The van der Waals surface area contributed by atoms with Gasteiger partial charge in [0.15, 0.2) is 5.72 Å². The summed E-state index contributed by atoms with van der Waals surface area (Å²) in [6.45, 7) is 5.94. The molecule has 0 amide bonds. The first-order chi connectivity index (χ1) is 18.0. The van der Waals surface area contributed by atoms with E-state index in [1.807, 2.05) is 30.5 Å². The van der Waals surface area contributed by atoms with E-state index in [1.165, 1.54) is 23.8 Å². The monoisotopic (exact) mass is 495 g/mol. The van der Waals surface area contributed by atoms with Crippen molar-refractivity contribution in [3.05, 3.63) is 60.3 Å². The van der Waals surface area contributed by atoms with Gasteiger partial charge < -0.3 is 14.6 Å². The van der Waals surface area contributed by atoms with Crippen molar-refractivity contribution < 1.29 is 14.6 Å². The van der Waals surface area contributed by atoms with Gasteiger partial charge in [0.1, 0.15) is 5.75 Å². The van der Waals surface area contributed by atoms with Crippen molar-refractivity contribution >= 4 is 21.7 Å². The first-order valence-corrected chi connectivity index (χ1v) is 13.6. The number of aromatic hydroxyl groups is 1. The van der Waals surface area contributed by atoms with Crippen LogP contribution in [0.3, 0.4) is 0 Å². The number of nitrogens with zero attached hydrogens (tertiary/aromatic N) is 3. The summed E-state index contributed by atoms with van der Waals surface area (Å²) in [6, 6.07) is 17.4. The highest BCUT2D eigenvalue weighted by Crippen LogP contribution is 2.48. The van der Waals surface area contributed by atoms with Crippen molar-refractivity contribution in [3.63, 3.8) is 0 Å². The average molecular weight is 496 g/mol. The average Bonchev–Trinajstić information content (AvgIpc) is 3.73. The van der Waals surface area contributed by atoms with Crippen LogP contribution < -0.4 is 4.74 Å². The third kappa shape index (κ3) is 3.77. The summed E-state index contributed by atoms with van der Waals surface area (Å²) < 4.78 is 12.6. The Kier molecular flexibility index (Phi) is 5.38. The van der Waals surface area contributed by atoms with Crippen molar-refractivity contribution in [1.82, 2.24) is 14.9 Å². The lowest BCUT2D eigenvalue weighted by Gasteiger charge is -2.47. The lowest BCUT2D eigenvalue weighted by molar-refractivity contribution is -0.161. The lowest BCUT2D eigenvalue weighted by Crippen LogP contribution is -2.61. The van der Waals surface area contributed by atoms with Gasteiger partial charge in [-0.25, -0.2) is 4.98 Å². The van der Waals surface area contributed by atoms with E-state index < -0.39 is 5.72 Å². The minimum absolute atomic E-state index is 0.273. The number of fused-ring (bicyclic) bond motifs is 4. The quantitative estimate of drug-likeness (QED) is 0.349. The molecule has 3 atom stereocenters. The Bertz CT molecular complexity index is 1480. The van der Waals surface area contributed by atoms with Crippen LogP contribution in [-0.2, 0) is 11.2 Å². The van der Waals surface area contributed by atoms with Crippen LogP contribution in [0.2, 0.25) is 0 Å². The fourth-order valence-corrected chi connectivity index (χ4v) is 6.74. The maximum Gasteiger partial charge on any atom is 0.318 e. The van der Waals surface area contributed by atoms with Crippen LogP contribution in [0.15, 0.2) is 54.7 Å². The van der Waals surface area contributed by atoms with E-state index in [1.54, 1.807) is 6.07 Å². The van der Waals surface area contributed by atoms with Crippen LogP contribution in [0.5, 0.6) is 11.8 Å². The first-order valence-electron chi connectivity index (χ1n) is 13.6. The Labute approximate surface area is 217 Å². The largest absolute Gasteiger partial charge is 0.507 e. The highest BCUT2D eigenvalue weighted by Gasteiger charge is 2.56. The molecule has 1 N–H and O–H groups in total. The number of benzene rings is 3. The van der Waals surface area contributed by atoms with E-state index in [4.69, 9.17) is 14.5 Å². The molecule has 2 saturated heterocycles. The summed E-state index contributed by atoms with van der Waals surface area (Å²) in [5.41, 5.74) is 3.43. The summed E-state index contributed by atoms with van der Waals surface area (Å²) in [6.07, 6.45) is 7.45. The minimum Gasteiger partial charge on any atom is -0.507 e. The number of morpholine rings is 1. The summed E-state index contributed by atoms with van der Waals surface area (Å²) in [5.74, 6) is 0.759. The predicted molar refractivity (Wildman–Crippen MR) is 145 cm³/mol. The zero-order valence-electron chi connectivity index (χ0n) is 21.5. The molecule has 6 nitrogen and oxygen atoms in total. The molecule has 0 spiro atoms. The third-order valence-electron chi connectivity index (χ3n) is 8.75. The molecule has 2 bridgehead atoms. The summed E-state index contributed by atoms with van der Waals surface area (Å²) in [7, 11) is 0. The summed E-state index contributed by atoms with van der Waals surface area (Å²) in [5, 5.41) is 14.1. The number of aromatic nitrogens is 2. The van der Waals surface area contributed by atoms with Crippen molar-refractivity contribution in [3.8, 4) is 22.9 Å². The normalized spacial score (nSPS) is 23.4. The number of aryl methyl sites for hydroxylation is 1. The zero-order valence-corrected chi connectivity index (χ0v) is 21.5. The van der Waals surface area contributed by atoms with E-state index in [2.05, 4.69) is 41.9 Å². The molecule has 6 heteroatoms. The molecule has 4 aromatic rings. The third-order valence-corrected chi connectivity index (χ3v) is 8.75. The topological polar surface area (TPSA) is 67.7 Å².